The molecule has 4 heteroatoms. The van der Waals surface area contributed by atoms with Crippen molar-refractivity contribution in [3.63, 3.8) is 0 Å². The van der Waals surface area contributed by atoms with Crippen molar-refractivity contribution in [2.24, 2.45) is 5.92 Å². The molecule has 0 unspecified atom stereocenters. The number of halogens is 1. The lowest BCUT2D eigenvalue weighted by atomic mass is 10.00. The Morgan fingerprint density at radius 3 is 2.75 bits per heavy atom. The predicted molar refractivity (Wildman–Crippen MR) is 47.3 cm³/mol. The molecule has 1 aliphatic heterocycles. The summed E-state index contributed by atoms with van der Waals surface area (Å²) >= 11 is 0. The first kappa shape index (κ1) is 9.81. The standard InChI is InChI=1S/C8H13NO2.ClH/c1-11-7(10)8-3-2-6(4-8)5-9-8;/h6,9H,2-5H2,1H3;1H/t6-,8+;/m0./s1. The molecule has 1 saturated heterocycles. The SMILES string of the molecule is COC(=O)[C@]12CC[C@H](CN1)C2.Cl. The van der Waals surface area contributed by atoms with Crippen molar-refractivity contribution in [2.75, 3.05) is 13.7 Å². The molecule has 2 bridgehead atoms. The van der Waals surface area contributed by atoms with Crippen LogP contribution < -0.4 is 5.32 Å². The molecule has 1 heterocycles. The summed E-state index contributed by atoms with van der Waals surface area (Å²) < 4.78 is 4.75. The van der Waals surface area contributed by atoms with Gasteiger partial charge in [0.2, 0.25) is 0 Å². The first-order valence-electron chi connectivity index (χ1n) is 4.10. The van der Waals surface area contributed by atoms with Crippen LogP contribution in [0, 0.1) is 5.92 Å². The zero-order valence-electron chi connectivity index (χ0n) is 7.13. The first-order chi connectivity index (χ1) is 5.27. The summed E-state index contributed by atoms with van der Waals surface area (Å²) in [5, 5.41) is 3.25. The largest absolute Gasteiger partial charge is 0.468 e. The number of hydrogen-bond donors (Lipinski definition) is 1. The highest BCUT2D eigenvalue weighted by Gasteiger charge is 2.50. The number of nitrogens with one attached hydrogen (secondary N) is 1. The van der Waals surface area contributed by atoms with Gasteiger partial charge in [-0.05, 0) is 31.7 Å². The second-order valence-corrected chi connectivity index (χ2v) is 3.56. The number of piperidine rings is 1. The van der Waals surface area contributed by atoms with E-state index in [1.165, 1.54) is 13.5 Å². The van der Waals surface area contributed by atoms with Gasteiger partial charge >= 0.3 is 5.97 Å². The number of carbonyl (C=O) groups excluding carboxylic acids is 1. The Hall–Kier alpha value is -0.280. The van der Waals surface area contributed by atoms with Crippen LogP contribution in [0.3, 0.4) is 0 Å². The van der Waals surface area contributed by atoms with Crippen LogP contribution in [0.15, 0.2) is 0 Å². The monoisotopic (exact) mass is 191 g/mol. The molecule has 0 aromatic rings. The maximum atomic E-state index is 11.3. The lowest BCUT2D eigenvalue weighted by Gasteiger charge is -2.23. The minimum Gasteiger partial charge on any atom is -0.468 e. The fourth-order valence-corrected chi connectivity index (χ4v) is 2.27. The van der Waals surface area contributed by atoms with E-state index in [2.05, 4.69) is 5.32 Å². The second kappa shape index (κ2) is 3.23. The summed E-state index contributed by atoms with van der Waals surface area (Å²) in [4.78, 5) is 11.3. The van der Waals surface area contributed by atoms with Crippen LogP contribution in [-0.4, -0.2) is 25.2 Å². The zero-order valence-corrected chi connectivity index (χ0v) is 7.95. The topological polar surface area (TPSA) is 38.3 Å². The molecule has 0 radical (unpaired) electrons. The summed E-state index contributed by atoms with van der Waals surface area (Å²) in [6.45, 7) is 0.995. The molecule has 0 amide bonds. The lowest BCUT2D eigenvalue weighted by molar-refractivity contribution is -0.147. The van der Waals surface area contributed by atoms with Gasteiger partial charge in [0.05, 0.1) is 7.11 Å². The Morgan fingerprint density at radius 2 is 2.42 bits per heavy atom. The van der Waals surface area contributed by atoms with Crippen LogP contribution in [0.25, 0.3) is 0 Å². The van der Waals surface area contributed by atoms with Crippen molar-refractivity contribution in [2.45, 2.75) is 24.8 Å². The smallest absolute Gasteiger partial charge is 0.326 e. The highest BCUT2D eigenvalue weighted by molar-refractivity contribution is 5.85. The molecule has 0 spiro atoms. The van der Waals surface area contributed by atoms with Gasteiger partial charge in [-0.1, -0.05) is 0 Å². The molecule has 0 aromatic carbocycles. The summed E-state index contributed by atoms with van der Waals surface area (Å²) in [6, 6.07) is 0. The van der Waals surface area contributed by atoms with Gasteiger partial charge in [0.1, 0.15) is 5.54 Å². The van der Waals surface area contributed by atoms with E-state index in [9.17, 15) is 4.79 Å². The number of rotatable bonds is 1. The van der Waals surface area contributed by atoms with E-state index in [0.29, 0.717) is 5.92 Å². The molecular formula is C8H14ClNO2. The Balaban J connectivity index is 0.000000720. The van der Waals surface area contributed by atoms with E-state index in [1.54, 1.807) is 0 Å². The van der Waals surface area contributed by atoms with Gasteiger partial charge < -0.3 is 10.1 Å². The van der Waals surface area contributed by atoms with Crippen LogP contribution in [0.5, 0.6) is 0 Å². The third kappa shape index (κ3) is 1.21. The van der Waals surface area contributed by atoms with Gasteiger partial charge in [0, 0.05) is 0 Å². The van der Waals surface area contributed by atoms with Crippen molar-refractivity contribution in [1.82, 2.24) is 5.32 Å². The summed E-state index contributed by atoms with van der Waals surface area (Å²) in [6.07, 6.45) is 3.13. The van der Waals surface area contributed by atoms with Gasteiger partial charge in [-0.2, -0.15) is 0 Å². The average Bonchev–Trinajstić information content (AvgIpc) is 2.62. The lowest BCUT2D eigenvalue weighted by Crippen LogP contribution is -2.48. The van der Waals surface area contributed by atoms with E-state index in [4.69, 9.17) is 4.74 Å². The van der Waals surface area contributed by atoms with Gasteiger partial charge in [-0.3, -0.25) is 4.79 Å². The second-order valence-electron chi connectivity index (χ2n) is 3.56. The fourth-order valence-electron chi connectivity index (χ4n) is 2.27. The van der Waals surface area contributed by atoms with Gasteiger partial charge in [0.25, 0.3) is 0 Å². The Bertz CT molecular complexity index is 187. The van der Waals surface area contributed by atoms with Crippen molar-refractivity contribution in [1.29, 1.82) is 0 Å². The third-order valence-electron chi connectivity index (χ3n) is 2.92. The highest BCUT2D eigenvalue weighted by atomic mass is 35.5. The minimum absolute atomic E-state index is 0. The number of esters is 1. The summed E-state index contributed by atoms with van der Waals surface area (Å²) in [5.41, 5.74) is -0.292. The van der Waals surface area contributed by atoms with Crippen molar-refractivity contribution >= 4 is 18.4 Å². The molecule has 12 heavy (non-hydrogen) atoms. The number of carbonyl (C=O) groups is 1. The van der Waals surface area contributed by atoms with Crippen LogP contribution in [0.4, 0.5) is 0 Å². The molecule has 2 rings (SSSR count). The Labute approximate surface area is 78.3 Å². The molecule has 2 atom stereocenters. The van der Waals surface area contributed by atoms with Crippen LogP contribution in [0.2, 0.25) is 0 Å². The molecule has 2 fully saturated rings. The van der Waals surface area contributed by atoms with Gasteiger partial charge in [0.15, 0.2) is 0 Å². The number of methoxy groups -OCH3 is 1. The maximum Gasteiger partial charge on any atom is 0.326 e. The van der Waals surface area contributed by atoms with Crippen molar-refractivity contribution < 1.29 is 9.53 Å². The van der Waals surface area contributed by atoms with Crippen molar-refractivity contribution in [3.8, 4) is 0 Å². The highest BCUT2D eigenvalue weighted by Crippen LogP contribution is 2.40. The van der Waals surface area contributed by atoms with E-state index in [-0.39, 0.29) is 23.9 Å². The van der Waals surface area contributed by atoms with Crippen molar-refractivity contribution in [3.05, 3.63) is 0 Å². The van der Waals surface area contributed by atoms with E-state index >= 15 is 0 Å². The summed E-state index contributed by atoms with van der Waals surface area (Å²) in [5.74, 6) is 0.645. The van der Waals surface area contributed by atoms with Gasteiger partial charge in [-0.15, -0.1) is 12.4 Å². The van der Waals surface area contributed by atoms with Crippen LogP contribution >= 0.6 is 12.4 Å². The predicted octanol–water partition coefficient (Wildman–Crippen LogP) is 0.723. The normalized spacial score (nSPS) is 37.6. The molecule has 2 aliphatic rings. The van der Waals surface area contributed by atoms with Crippen LogP contribution in [-0.2, 0) is 9.53 Å². The number of hydrogen-bond acceptors (Lipinski definition) is 3. The number of ether oxygens (including phenoxy) is 1. The zero-order chi connectivity index (χ0) is 7.90. The van der Waals surface area contributed by atoms with Crippen LogP contribution in [0.1, 0.15) is 19.3 Å². The van der Waals surface area contributed by atoms with E-state index < -0.39 is 0 Å². The summed E-state index contributed by atoms with van der Waals surface area (Å²) in [7, 11) is 1.46. The molecule has 1 aliphatic carbocycles. The minimum atomic E-state index is -0.292. The Kier molecular flexibility index (Phi) is 2.64. The Morgan fingerprint density at radius 1 is 1.67 bits per heavy atom. The molecule has 70 valence electrons. The maximum absolute atomic E-state index is 11.3. The van der Waals surface area contributed by atoms with Gasteiger partial charge in [-0.25, -0.2) is 0 Å². The quantitative estimate of drug-likeness (QED) is 0.621. The van der Waals surface area contributed by atoms with E-state index in [0.717, 1.165) is 19.4 Å². The molecule has 0 aromatic heterocycles. The van der Waals surface area contributed by atoms with E-state index in [1.807, 2.05) is 0 Å². The third-order valence-corrected chi connectivity index (χ3v) is 2.92. The fraction of sp³-hybridized carbons (Fsp3) is 0.875. The molecule has 1 N–H and O–H groups in total. The molecular weight excluding hydrogens is 178 g/mol. The molecule has 3 nitrogen and oxygen atoms in total. The number of fused-ring (bicyclic) bond motifs is 2. The first-order valence-corrected chi connectivity index (χ1v) is 4.10. The average molecular weight is 192 g/mol. The molecule has 1 saturated carbocycles.